The van der Waals surface area contributed by atoms with E-state index in [1.165, 1.54) is 24.4 Å². The van der Waals surface area contributed by atoms with Crippen LogP contribution in [-0.4, -0.2) is 87.6 Å². The maximum atomic E-state index is 16.3. The average Bonchev–Trinajstić information content (AvgIpc) is 3.06. The third kappa shape index (κ3) is 7.34. The fourth-order valence-corrected chi connectivity index (χ4v) is 6.20. The molecule has 2 bridgehead atoms. The summed E-state index contributed by atoms with van der Waals surface area (Å²) in [4.78, 5) is 39.1. The van der Waals surface area contributed by atoms with E-state index in [-0.39, 0.29) is 70.9 Å². The number of nitrogens with zero attached hydrogens (tertiary/aromatic N) is 5. The van der Waals surface area contributed by atoms with Crippen LogP contribution in [0.3, 0.4) is 0 Å². The van der Waals surface area contributed by atoms with Gasteiger partial charge >= 0.3 is 5.69 Å². The molecule has 5 rings (SSSR count). The fraction of sp³-hybridized carbons (Fsp3) is 0.429. The number of aromatic nitrogens is 3. The molecule has 1 amide bonds. The molecule has 2 N–H and O–H groups in total. The normalized spacial score (nSPS) is 22.4. The maximum Gasteiger partial charge on any atom is 0.355 e. The number of ether oxygens (including phenoxy) is 2. The lowest BCUT2D eigenvalue weighted by molar-refractivity contribution is -0.128. The first-order valence-electron chi connectivity index (χ1n) is 16.2. The van der Waals surface area contributed by atoms with Crippen LogP contribution in [0.15, 0.2) is 53.5 Å². The van der Waals surface area contributed by atoms with Crippen molar-refractivity contribution < 1.29 is 28.2 Å². The minimum Gasteiger partial charge on any atom is -0.490 e. The number of piperazine rings is 1. The molecule has 262 valence electrons. The second kappa shape index (κ2) is 15.1. The Hall–Kier alpha value is -4.33. The molecule has 4 heterocycles. The van der Waals surface area contributed by atoms with Gasteiger partial charge in [-0.2, -0.15) is 4.98 Å². The molecule has 3 aromatic rings. The number of carbonyl (C=O) groups is 1. The second-order valence-corrected chi connectivity index (χ2v) is 13.0. The summed E-state index contributed by atoms with van der Waals surface area (Å²) in [6, 6.07) is 3.17. The standard InChI is InChI=1S/C35H41ClF2N6O5/c1-7-28(46)42-15-21(6)43(16-20(42)5)34-23-13-25(37)31-29-27(10-9-24(36)30(29)38)49-18-26(45)32(48-8-2)22(11-12-39-14-19(3)4)17-44(33(23)40-31)35(47)41-34/h7,9-13,17,19-21,26,32,39,45H,1,8,14-16,18H2,2-6H3/b12-11-,22-17-/t20-,21+,26?,32?/m1/s1. The van der Waals surface area contributed by atoms with E-state index in [2.05, 4.69) is 21.9 Å². The van der Waals surface area contributed by atoms with Gasteiger partial charge in [0.05, 0.1) is 16.0 Å². The molecule has 2 unspecified atom stereocenters. The SMILES string of the molecule is C=CC(=O)N1C[C@H](C)N(c2nc(=O)n3c4nc(c(F)cc24)-c2c(ccc(Cl)c2F)OCC(O)C(OCC)C(/C=C\NCC(C)C)=C\3)C[C@H]1C. The topological polar surface area (TPSA) is 122 Å². The van der Waals surface area contributed by atoms with Crippen LogP contribution in [0.2, 0.25) is 5.02 Å². The predicted molar refractivity (Wildman–Crippen MR) is 186 cm³/mol. The molecule has 14 heteroatoms. The largest absolute Gasteiger partial charge is 0.490 e. The first-order valence-corrected chi connectivity index (χ1v) is 16.6. The summed E-state index contributed by atoms with van der Waals surface area (Å²) in [5.74, 6) is -1.75. The third-order valence-electron chi connectivity index (χ3n) is 8.47. The van der Waals surface area contributed by atoms with Gasteiger partial charge < -0.3 is 29.7 Å². The molecule has 2 aromatic heterocycles. The number of nitrogens with one attached hydrogen (secondary N) is 1. The van der Waals surface area contributed by atoms with Gasteiger partial charge in [-0.15, -0.1) is 0 Å². The number of aliphatic hydroxyl groups excluding tert-OH is 1. The molecule has 2 aliphatic rings. The molecule has 49 heavy (non-hydrogen) atoms. The maximum absolute atomic E-state index is 16.3. The number of carbonyl (C=O) groups excluding carboxylic acids is 1. The minimum absolute atomic E-state index is 0.0347. The van der Waals surface area contributed by atoms with Gasteiger partial charge in [-0.05, 0) is 63.2 Å². The van der Waals surface area contributed by atoms with E-state index >= 15 is 8.78 Å². The lowest BCUT2D eigenvalue weighted by Crippen LogP contribution is -2.58. The number of anilines is 1. The van der Waals surface area contributed by atoms with E-state index in [0.717, 1.165) is 10.6 Å². The summed E-state index contributed by atoms with van der Waals surface area (Å²) in [6.07, 6.45) is 3.71. The van der Waals surface area contributed by atoms with Gasteiger partial charge in [-0.1, -0.05) is 32.0 Å². The van der Waals surface area contributed by atoms with E-state index in [0.29, 0.717) is 24.6 Å². The summed E-state index contributed by atoms with van der Waals surface area (Å²) in [6.45, 7) is 14.2. The van der Waals surface area contributed by atoms with Crippen molar-refractivity contribution in [3.05, 3.63) is 75.8 Å². The zero-order valence-electron chi connectivity index (χ0n) is 28.1. The Kier molecular flexibility index (Phi) is 11.1. The number of halogens is 3. The van der Waals surface area contributed by atoms with E-state index in [9.17, 15) is 14.7 Å². The molecule has 0 saturated carbocycles. The molecule has 4 atom stereocenters. The third-order valence-corrected chi connectivity index (χ3v) is 8.77. The molecule has 0 spiro atoms. The van der Waals surface area contributed by atoms with Crippen LogP contribution >= 0.6 is 11.6 Å². The number of rotatable bonds is 8. The smallest absolute Gasteiger partial charge is 0.355 e. The molecule has 1 fully saturated rings. The summed E-state index contributed by atoms with van der Waals surface area (Å²) < 4.78 is 45.0. The zero-order valence-corrected chi connectivity index (χ0v) is 28.9. The van der Waals surface area contributed by atoms with Gasteiger partial charge in [-0.25, -0.2) is 18.6 Å². The number of aliphatic hydroxyl groups is 1. The predicted octanol–water partition coefficient (Wildman–Crippen LogP) is 4.76. The number of benzene rings is 1. The summed E-state index contributed by atoms with van der Waals surface area (Å²) in [7, 11) is 0. The summed E-state index contributed by atoms with van der Waals surface area (Å²) in [5, 5.41) is 14.4. The highest BCUT2D eigenvalue weighted by Gasteiger charge is 2.34. The van der Waals surface area contributed by atoms with Crippen LogP contribution < -0.4 is 20.6 Å². The van der Waals surface area contributed by atoms with Crippen LogP contribution in [0.1, 0.15) is 34.6 Å². The molecule has 1 saturated heterocycles. The van der Waals surface area contributed by atoms with Crippen LogP contribution in [0.4, 0.5) is 14.6 Å². The van der Waals surface area contributed by atoms with Crippen LogP contribution in [0, 0.1) is 17.6 Å². The minimum atomic E-state index is -1.31. The van der Waals surface area contributed by atoms with Crippen molar-refractivity contribution in [2.75, 3.05) is 37.7 Å². The number of hydrogen-bond donors (Lipinski definition) is 2. The van der Waals surface area contributed by atoms with Gasteiger partial charge in [0.1, 0.15) is 36.1 Å². The zero-order chi connectivity index (χ0) is 35.6. The van der Waals surface area contributed by atoms with Gasteiger partial charge in [0.25, 0.3) is 0 Å². The summed E-state index contributed by atoms with van der Waals surface area (Å²) in [5.41, 5.74) is -1.25. The van der Waals surface area contributed by atoms with E-state index < -0.39 is 35.2 Å². The monoisotopic (exact) mass is 698 g/mol. The second-order valence-electron chi connectivity index (χ2n) is 12.6. The molecule has 1 aromatic carbocycles. The van der Waals surface area contributed by atoms with Crippen LogP contribution in [0.25, 0.3) is 28.5 Å². The first-order chi connectivity index (χ1) is 23.4. The number of hydrogen-bond acceptors (Lipinski definition) is 9. The molecule has 11 nitrogen and oxygen atoms in total. The molecular formula is C35H41ClF2N6O5. The Labute approximate surface area is 288 Å². The van der Waals surface area contributed by atoms with Gasteiger partial charge in [-0.3, -0.25) is 9.36 Å². The highest BCUT2D eigenvalue weighted by molar-refractivity contribution is 6.31. The molecule has 2 aliphatic heterocycles. The Balaban J connectivity index is 1.81. The van der Waals surface area contributed by atoms with Crippen molar-refractivity contribution in [2.24, 2.45) is 5.92 Å². The fourth-order valence-electron chi connectivity index (χ4n) is 6.04. The summed E-state index contributed by atoms with van der Waals surface area (Å²) >= 11 is 6.15. The Morgan fingerprint density at radius 3 is 2.69 bits per heavy atom. The Morgan fingerprint density at radius 2 is 2.00 bits per heavy atom. The van der Waals surface area contributed by atoms with Crippen molar-refractivity contribution in [3.8, 4) is 17.0 Å². The quantitative estimate of drug-likeness (QED) is 0.321. The van der Waals surface area contributed by atoms with Crippen molar-refractivity contribution in [1.29, 1.82) is 0 Å². The van der Waals surface area contributed by atoms with E-state index in [1.54, 1.807) is 24.1 Å². The van der Waals surface area contributed by atoms with E-state index in [4.69, 9.17) is 21.1 Å². The van der Waals surface area contributed by atoms with Gasteiger partial charge in [0.2, 0.25) is 5.91 Å². The van der Waals surface area contributed by atoms with Crippen LogP contribution in [0.5, 0.6) is 5.75 Å². The Bertz CT molecular complexity index is 1860. The lowest BCUT2D eigenvalue weighted by atomic mass is 10.0. The molecule has 0 radical (unpaired) electrons. The first kappa shape index (κ1) is 36.0. The van der Waals surface area contributed by atoms with E-state index in [1.807, 2.05) is 32.6 Å². The molecular weight excluding hydrogens is 658 g/mol. The molecule has 0 aliphatic carbocycles. The van der Waals surface area contributed by atoms with Crippen molar-refractivity contribution >= 4 is 40.6 Å². The Morgan fingerprint density at radius 1 is 1.24 bits per heavy atom. The van der Waals surface area contributed by atoms with Crippen molar-refractivity contribution in [1.82, 2.24) is 24.8 Å². The number of amides is 1. The van der Waals surface area contributed by atoms with Crippen molar-refractivity contribution in [2.45, 2.75) is 58.9 Å². The van der Waals surface area contributed by atoms with Crippen LogP contribution in [-0.2, 0) is 9.53 Å². The number of pyridine rings is 1. The van der Waals surface area contributed by atoms with Gasteiger partial charge in [0.15, 0.2) is 17.3 Å². The number of fused-ring (bicyclic) bond motifs is 3. The lowest BCUT2D eigenvalue weighted by Gasteiger charge is -2.44. The van der Waals surface area contributed by atoms with Crippen molar-refractivity contribution in [3.63, 3.8) is 0 Å². The van der Waals surface area contributed by atoms with Gasteiger partial charge in [0, 0.05) is 50.1 Å². The highest BCUT2D eigenvalue weighted by atomic mass is 35.5. The highest BCUT2D eigenvalue weighted by Crippen LogP contribution is 2.39. The average molecular weight is 699 g/mol.